The molecule has 3 heteroatoms. The molecule has 1 aromatic heterocycles. The minimum atomic E-state index is 0.149. The molecule has 0 saturated heterocycles. The van der Waals surface area contributed by atoms with Crippen molar-refractivity contribution in [3.8, 4) is 0 Å². The number of aromatic nitrogens is 1. The van der Waals surface area contributed by atoms with Crippen molar-refractivity contribution in [2.24, 2.45) is 0 Å². The molecule has 0 amide bonds. The van der Waals surface area contributed by atoms with Crippen molar-refractivity contribution in [3.05, 3.63) is 52.0 Å². The van der Waals surface area contributed by atoms with Crippen LogP contribution in [0, 0.1) is 0 Å². The van der Waals surface area contributed by atoms with Gasteiger partial charge in [0.1, 0.15) is 5.01 Å². The summed E-state index contributed by atoms with van der Waals surface area (Å²) in [6.07, 6.45) is 5.02. The Morgan fingerprint density at radius 3 is 2.50 bits per heavy atom. The first-order chi connectivity index (χ1) is 8.85. The molecule has 0 aliphatic heterocycles. The van der Waals surface area contributed by atoms with E-state index in [0.717, 1.165) is 5.69 Å². The third kappa shape index (κ3) is 1.98. The quantitative estimate of drug-likeness (QED) is 0.738. The summed E-state index contributed by atoms with van der Waals surface area (Å²) >= 11 is 7.65. The summed E-state index contributed by atoms with van der Waals surface area (Å²) in [5.41, 5.74) is 2.58. The lowest BCUT2D eigenvalue weighted by Crippen LogP contribution is -2.23. The van der Waals surface area contributed by atoms with Gasteiger partial charge in [0.2, 0.25) is 0 Å². The van der Waals surface area contributed by atoms with E-state index in [1.54, 1.807) is 11.3 Å². The lowest BCUT2D eigenvalue weighted by molar-refractivity contribution is 0.530. The minimum Gasteiger partial charge on any atom is -0.244 e. The molecule has 1 aliphatic rings. The van der Waals surface area contributed by atoms with Gasteiger partial charge in [0, 0.05) is 10.8 Å². The van der Waals surface area contributed by atoms with E-state index < -0.39 is 0 Å². The summed E-state index contributed by atoms with van der Waals surface area (Å²) in [4.78, 5) is 4.75. The average molecular weight is 278 g/mol. The van der Waals surface area contributed by atoms with Crippen LogP contribution in [-0.2, 0) is 11.3 Å². The fraction of sp³-hybridized carbons (Fsp3) is 0.400. The van der Waals surface area contributed by atoms with Crippen LogP contribution in [0.15, 0.2) is 35.7 Å². The number of hydrogen-bond acceptors (Lipinski definition) is 2. The summed E-state index contributed by atoms with van der Waals surface area (Å²) < 4.78 is 0. The van der Waals surface area contributed by atoms with Crippen LogP contribution in [0.3, 0.4) is 0 Å². The summed E-state index contributed by atoms with van der Waals surface area (Å²) in [5.74, 6) is 0.515. The predicted molar refractivity (Wildman–Crippen MR) is 77.4 cm³/mol. The Bertz CT molecular complexity index is 514. The number of halogens is 1. The summed E-state index contributed by atoms with van der Waals surface area (Å²) in [6.45, 7) is 0. The van der Waals surface area contributed by atoms with Crippen LogP contribution in [0.4, 0.5) is 0 Å². The van der Waals surface area contributed by atoms with E-state index in [1.807, 2.05) is 0 Å². The van der Waals surface area contributed by atoms with Gasteiger partial charge in [0.25, 0.3) is 0 Å². The van der Waals surface area contributed by atoms with E-state index in [4.69, 9.17) is 16.6 Å². The first kappa shape index (κ1) is 12.2. The minimum absolute atomic E-state index is 0.149. The molecule has 0 N–H and O–H groups in total. The van der Waals surface area contributed by atoms with Gasteiger partial charge in [-0.1, -0.05) is 43.2 Å². The van der Waals surface area contributed by atoms with Crippen LogP contribution >= 0.6 is 22.9 Å². The zero-order valence-corrected chi connectivity index (χ0v) is 11.8. The topological polar surface area (TPSA) is 12.9 Å². The summed E-state index contributed by atoms with van der Waals surface area (Å²) in [5, 5.41) is 3.35. The Labute approximate surface area is 117 Å². The molecule has 1 nitrogen and oxygen atoms in total. The van der Waals surface area contributed by atoms with E-state index >= 15 is 0 Å². The highest BCUT2D eigenvalue weighted by atomic mass is 35.5. The van der Waals surface area contributed by atoms with Gasteiger partial charge in [-0.15, -0.1) is 22.9 Å². The number of nitrogens with zero attached hydrogens (tertiary/aromatic N) is 1. The van der Waals surface area contributed by atoms with E-state index in [-0.39, 0.29) is 5.41 Å². The van der Waals surface area contributed by atoms with Crippen LogP contribution < -0.4 is 0 Å². The first-order valence-corrected chi connectivity index (χ1v) is 7.83. The predicted octanol–water partition coefficient (Wildman–Crippen LogP) is 4.74. The van der Waals surface area contributed by atoms with Crippen LogP contribution in [0.1, 0.15) is 41.9 Å². The summed E-state index contributed by atoms with van der Waals surface area (Å²) in [7, 11) is 0. The summed E-state index contributed by atoms with van der Waals surface area (Å²) in [6, 6.07) is 10.8. The number of hydrogen-bond donors (Lipinski definition) is 0. The largest absolute Gasteiger partial charge is 0.244 e. The van der Waals surface area contributed by atoms with E-state index in [1.165, 1.54) is 36.3 Å². The SMILES string of the molecule is ClCc1csc(C2(c3ccccc3)CCCC2)n1. The molecule has 0 bridgehead atoms. The van der Waals surface area contributed by atoms with E-state index in [0.29, 0.717) is 5.88 Å². The molecule has 1 heterocycles. The maximum atomic E-state index is 5.88. The second-order valence-corrected chi connectivity index (χ2v) is 6.06. The van der Waals surface area contributed by atoms with Crippen molar-refractivity contribution in [2.75, 3.05) is 0 Å². The Hall–Kier alpha value is -0.860. The van der Waals surface area contributed by atoms with Crippen molar-refractivity contribution in [2.45, 2.75) is 37.0 Å². The Morgan fingerprint density at radius 2 is 1.89 bits per heavy atom. The van der Waals surface area contributed by atoms with Crippen molar-refractivity contribution in [1.29, 1.82) is 0 Å². The second-order valence-electron chi connectivity index (χ2n) is 4.93. The number of thiazole rings is 1. The van der Waals surface area contributed by atoms with Crippen LogP contribution in [0.5, 0.6) is 0 Å². The van der Waals surface area contributed by atoms with E-state index in [2.05, 4.69) is 35.7 Å². The number of rotatable bonds is 3. The standard InChI is InChI=1S/C15H16ClNS/c16-10-13-11-18-14(17-13)15(8-4-5-9-15)12-6-2-1-3-7-12/h1-3,6-7,11H,4-5,8-10H2. The highest BCUT2D eigenvalue weighted by molar-refractivity contribution is 7.09. The highest BCUT2D eigenvalue weighted by Crippen LogP contribution is 2.47. The highest BCUT2D eigenvalue weighted by Gasteiger charge is 2.39. The van der Waals surface area contributed by atoms with Gasteiger partial charge in [0.05, 0.1) is 11.6 Å². The number of alkyl halides is 1. The smallest absolute Gasteiger partial charge is 0.103 e. The van der Waals surface area contributed by atoms with Crippen molar-refractivity contribution >= 4 is 22.9 Å². The number of benzene rings is 1. The van der Waals surface area contributed by atoms with Gasteiger partial charge >= 0.3 is 0 Å². The molecule has 1 saturated carbocycles. The molecule has 1 aromatic carbocycles. The van der Waals surface area contributed by atoms with E-state index in [9.17, 15) is 0 Å². The molecule has 0 spiro atoms. The van der Waals surface area contributed by atoms with Crippen LogP contribution in [0.2, 0.25) is 0 Å². The maximum Gasteiger partial charge on any atom is 0.103 e. The van der Waals surface area contributed by atoms with Crippen LogP contribution in [0.25, 0.3) is 0 Å². The Morgan fingerprint density at radius 1 is 1.17 bits per heavy atom. The molecular formula is C15H16ClNS. The molecular weight excluding hydrogens is 262 g/mol. The maximum absolute atomic E-state index is 5.88. The van der Waals surface area contributed by atoms with Gasteiger partial charge in [-0.2, -0.15) is 0 Å². The van der Waals surface area contributed by atoms with Crippen molar-refractivity contribution in [3.63, 3.8) is 0 Å². The fourth-order valence-corrected chi connectivity index (χ4v) is 4.28. The van der Waals surface area contributed by atoms with Gasteiger partial charge in [0.15, 0.2) is 0 Å². The zero-order chi connectivity index (χ0) is 12.4. The molecule has 1 aliphatic carbocycles. The normalized spacial score (nSPS) is 18.1. The molecule has 94 valence electrons. The monoisotopic (exact) mass is 277 g/mol. The lowest BCUT2D eigenvalue weighted by atomic mass is 9.79. The Kier molecular flexibility index (Phi) is 3.40. The zero-order valence-electron chi connectivity index (χ0n) is 10.2. The average Bonchev–Trinajstić information content (AvgIpc) is 3.09. The molecule has 18 heavy (non-hydrogen) atoms. The fourth-order valence-electron chi connectivity index (χ4n) is 2.95. The molecule has 0 atom stereocenters. The molecule has 3 rings (SSSR count). The first-order valence-electron chi connectivity index (χ1n) is 6.41. The third-order valence-corrected chi connectivity index (χ3v) is 5.25. The molecule has 0 radical (unpaired) electrons. The Balaban J connectivity index is 2.06. The second kappa shape index (κ2) is 5.02. The van der Waals surface area contributed by atoms with Gasteiger partial charge < -0.3 is 0 Å². The molecule has 1 fully saturated rings. The van der Waals surface area contributed by atoms with Gasteiger partial charge in [-0.05, 0) is 18.4 Å². The van der Waals surface area contributed by atoms with Gasteiger partial charge in [-0.3, -0.25) is 0 Å². The molecule has 2 aromatic rings. The van der Waals surface area contributed by atoms with Crippen molar-refractivity contribution in [1.82, 2.24) is 4.98 Å². The van der Waals surface area contributed by atoms with Gasteiger partial charge in [-0.25, -0.2) is 4.98 Å². The molecule has 0 unspecified atom stereocenters. The lowest BCUT2D eigenvalue weighted by Gasteiger charge is -2.27. The van der Waals surface area contributed by atoms with Crippen LogP contribution in [-0.4, -0.2) is 4.98 Å². The van der Waals surface area contributed by atoms with Crippen molar-refractivity contribution < 1.29 is 0 Å². The third-order valence-electron chi connectivity index (χ3n) is 3.88.